The quantitative estimate of drug-likeness (QED) is 0.798. The monoisotopic (exact) mass is 230 g/mol. The van der Waals surface area contributed by atoms with Crippen LogP contribution in [0.15, 0.2) is 18.2 Å². The number of nitrogens with zero attached hydrogens (tertiary/aromatic N) is 2. The molecule has 3 nitrogen and oxygen atoms in total. The first-order valence-corrected chi connectivity index (χ1v) is 6.18. The molecule has 1 aromatic rings. The Labute approximate surface area is 103 Å². The summed E-state index contributed by atoms with van der Waals surface area (Å²) in [5.41, 5.74) is 1.87. The molecule has 1 aromatic carbocycles. The zero-order valence-electron chi connectivity index (χ0n) is 10.4. The van der Waals surface area contributed by atoms with E-state index in [9.17, 15) is 0 Å². The van der Waals surface area contributed by atoms with Gasteiger partial charge in [0, 0.05) is 6.04 Å². The zero-order valence-corrected chi connectivity index (χ0v) is 10.4. The van der Waals surface area contributed by atoms with Gasteiger partial charge >= 0.3 is 0 Å². The highest BCUT2D eigenvalue weighted by Crippen LogP contribution is 2.27. The van der Waals surface area contributed by atoms with E-state index in [1.807, 2.05) is 18.2 Å². The van der Waals surface area contributed by atoms with E-state index in [1.165, 1.54) is 0 Å². The third-order valence-electron chi connectivity index (χ3n) is 3.41. The molecule has 0 radical (unpaired) electrons. The van der Waals surface area contributed by atoms with E-state index in [0.29, 0.717) is 11.6 Å². The third-order valence-corrected chi connectivity index (χ3v) is 3.41. The number of likely N-dealkylation sites (N-methyl/N-ethyl adjacent to an activating group) is 1. The molecule has 0 saturated carbocycles. The van der Waals surface area contributed by atoms with E-state index in [1.54, 1.807) is 0 Å². The van der Waals surface area contributed by atoms with Gasteiger partial charge in [-0.3, -0.25) is 4.90 Å². The van der Waals surface area contributed by atoms with Crippen molar-refractivity contribution in [1.29, 1.82) is 5.26 Å². The van der Waals surface area contributed by atoms with Crippen molar-refractivity contribution in [3.05, 3.63) is 29.3 Å². The summed E-state index contributed by atoms with van der Waals surface area (Å²) in [5.74, 6) is 0.937. The highest BCUT2D eigenvalue weighted by Gasteiger charge is 2.23. The molecule has 0 amide bonds. The number of rotatable bonds is 3. The molecule has 0 aliphatic carbocycles. The fraction of sp³-hybridized carbons (Fsp3) is 0.500. The Hall–Kier alpha value is -1.53. The van der Waals surface area contributed by atoms with Crippen LogP contribution in [0.25, 0.3) is 0 Å². The highest BCUT2D eigenvalue weighted by molar-refractivity contribution is 5.43. The van der Waals surface area contributed by atoms with Crippen molar-refractivity contribution < 1.29 is 4.74 Å². The van der Waals surface area contributed by atoms with Gasteiger partial charge in [-0.1, -0.05) is 13.8 Å². The van der Waals surface area contributed by atoms with Crippen molar-refractivity contribution in [2.45, 2.75) is 26.3 Å². The number of benzene rings is 1. The van der Waals surface area contributed by atoms with Crippen molar-refractivity contribution in [1.82, 2.24) is 4.90 Å². The zero-order chi connectivity index (χ0) is 12.3. The summed E-state index contributed by atoms with van der Waals surface area (Å²) in [6, 6.07) is 8.29. The van der Waals surface area contributed by atoms with Gasteiger partial charge in [-0.05, 0) is 43.3 Å². The second kappa shape index (κ2) is 5.20. The van der Waals surface area contributed by atoms with E-state index >= 15 is 0 Å². The number of ether oxygens (including phenoxy) is 1. The molecule has 3 heteroatoms. The molecule has 1 atom stereocenters. The number of nitriles is 1. The summed E-state index contributed by atoms with van der Waals surface area (Å²) in [6.45, 7) is 7.17. The Bertz CT molecular complexity index is 432. The molecule has 0 bridgehead atoms. The first-order valence-electron chi connectivity index (χ1n) is 6.18. The fourth-order valence-electron chi connectivity index (χ4n) is 2.42. The summed E-state index contributed by atoms with van der Waals surface area (Å²) in [5, 5.41) is 8.91. The maximum atomic E-state index is 8.91. The molecular formula is C14H18N2O. The molecule has 0 saturated heterocycles. The van der Waals surface area contributed by atoms with Gasteiger partial charge in [0.1, 0.15) is 12.4 Å². The number of fused-ring (bicyclic) bond motifs is 1. The average molecular weight is 230 g/mol. The minimum Gasteiger partial charge on any atom is -0.492 e. The lowest BCUT2D eigenvalue weighted by Crippen LogP contribution is -2.42. The van der Waals surface area contributed by atoms with Gasteiger partial charge in [0.05, 0.1) is 11.6 Å². The van der Waals surface area contributed by atoms with Crippen LogP contribution in [-0.4, -0.2) is 30.6 Å². The van der Waals surface area contributed by atoms with Crippen LogP contribution in [0.4, 0.5) is 0 Å². The summed E-state index contributed by atoms with van der Waals surface area (Å²) in [6.07, 6.45) is 0.979. The number of hydrogen-bond acceptors (Lipinski definition) is 3. The van der Waals surface area contributed by atoms with Gasteiger partial charge in [0.2, 0.25) is 0 Å². The first-order chi connectivity index (χ1) is 8.28. The van der Waals surface area contributed by atoms with Crippen LogP contribution in [0, 0.1) is 11.3 Å². The van der Waals surface area contributed by atoms with E-state index in [2.05, 4.69) is 24.8 Å². The average Bonchev–Trinajstić information content (AvgIpc) is 2.39. The van der Waals surface area contributed by atoms with Crippen molar-refractivity contribution in [3.63, 3.8) is 0 Å². The van der Waals surface area contributed by atoms with Crippen LogP contribution < -0.4 is 4.74 Å². The molecule has 1 heterocycles. The lowest BCUT2D eigenvalue weighted by atomic mass is 9.99. The summed E-state index contributed by atoms with van der Waals surface area (Å²) >= 11 is 0. The molecule has 1 aliphatic heterocycles. The lowest BCUT2D eigenvalue weighted by molar-refractivity contribution is 0.129. The van der Waals surface area contributed by atoms with Gasteiger partial charge in [-0.15, -0.1) is 0 Å². The molecule has 0 spiro atoms. The Morgan fingerprint density at radius 2 is 2.18 bits per heavy atom. The van der Waals surface area contributed by atoms with Crippen LogP contribution in [0.1, 0.15) is 25.0 Å². The molecule has 0 N–H and O–H groups in total. The van der Waals surface area contributed by atoms with Gasteiger partial charge in [0.25, 0.3) is 0 Å². The van der Waals surface area contributed by atoms with Gasteiger partial charge in [-0.25, -0.2) is 0 Å². The van der Waals surface area contributed by atoms with Crippen LogP contribution in [0.3, 0.4) is 0 Å². The smallest absolute Gasteiger partial charge is 0.122 e. The predicted molar refractivity (Wildman–Crippen MR) is 67.1 cm³/mol. The van der Waals surface area contributed by atoms with E-state index in [4.69, 9.17) is 10.00 Å². The van der Waals surface area contributed by atoms with Crippen molar-refractivity contribution in [3.8, 4) is 11.8 Å². The molecule has 90 valence electrons. The van der Waals surface area contributed by atoms with Crippen LogP contribution >= 0.6 is 0 Å². The Morgan fingerprint density at radius 3 is 2.82 bits per heavy atom. The second-order valence-electron chi connectivity index (χ2n) is 4.32. The van der Waals surface area contributed by atoms with Gasteiger partial charge in [-0.2, -0.15) is 5.26 Å². The maximum Gasteiger partial charge on any atom is 0.122 e. The molecule has 0 unspecified atom stereocenters. The Kier molecular flexibility index (Phi) is 3.65. The van der Waals surface area contributed by atoms with Crippen molar-refractivity contribution >= 4 is 0 Å². The lowest BCUT2D eigenvalue weighted by Gasteiger charge is -2.33. The van der Waals surface area contributed by atoms with Gasteiger partial charge in [0.15, 0.2) is 0 Å². The summed E-state index contributed by atoms with van der Waals surface area (Å²) in [7, 11) is 0. The largest absolute Gasteiger partial charge is 0.492 e. The predicted octanol–water partition coefficient (Wildman–Crippen LogP) is 2.20. The van der Waals surface area contributed by atoms with Crippen LogP contribution in [-0.2, 0) is 6.42 Å². The highest BCUT2D eigenvalue weighted by atomic mass is 16.5. The second-order valence-corrected chi connectivity index (χ2v) is 4.32. The molecule has 0 aromatic heterocycles. The Morgan fingerprint density at radius 1 is 1.41 bits per heavy atom. The fourth-order valence-corrected chi connectivity index (χ4v) is 2.42. The van der Waals surface area contributed by atoms with Crippen molar-refractivity contribution in [2.24, 2.45) is 0 Å². The van der Waals surface area contributed by atoms with Crippen molar-refractivity contribution in [2.75, 3.05) is 19.7 Å². The van der Waals surface area contributed by atoms with Gasteiger partial charge < -0.3 is 4.74 Å². The van der Waals surface area contributed by atoms with Crippen LogP contribution in [0.2, 0.25) is 0 Å². The summed E-state index contributed by atoms with van der Waals surface area (Å²) < 4.78 is 5.77. The Balaban J connectivity index is 2.20. The van der Waals surface area contributed by atoms with E-state index in [-0.39, 0.29) is 0 Å². The minimum absolute atomic E-state index is 0.437. The molecule has 1 aliphatic rings. The normalized spacial score (nSPS) is 18.4. The molecule has 0 fully saturated rings. The SMILES string of the molecule is CCN(CC)[C@@H]1COc2ccc(C#N)cc2C1. The maximum absolute atomic E-state index is 8.91. The third kappa shape index (κ3) is 2.42. The molecule has 2 rings (SSSR count). The van der Waals surface area contributed by atoms with E-state index in [0.717, 1.165) is 37.4 Å². The minimum atomic E-state index is 0.437. The van der Waals surface area contributed by atoms with E-state index < -0.39 is 0 Å². The standard InChI is InChI=1S/C14H18N2O/c1-3-16(4-2)13-8-12-7-11(9-15)5-6-14(12)17-10-13/h5-7,13H,3-4,8,10H2,1-2H3/t13-/m0/s1. The summed E-state index contributed by atoms with van der Waals surface area (Å²) in [4.78, 5) is 2.40. The number of hydrogen-bond donors (Lipinski definition) is 0. The first kappa shape index (κ1) is 11.9. The molecular weight excluding hydrogens is 212 g/mol. The molecule has 17 heavy (non-hydrogen) atoms. The van der Waals surface area contributed by atoms with Crippen LogP contribution in [0.5, 0.6) is 5.75 Å². The topological polar surface area (TPSA) is 36.3 Å².